The smallest absolute Gasteiger partial charge is 0.349 e. The zero-order chi connectivity index (χ0) is 23.2. The van der Waals surface area contributed by atoms with Crippen molar-refractivity contribution in [3.05, 3.63) is 81.7 Å². The second-order valence-electron chi connectivity index (χ2n) is 7.52. The van der Waals surface area contributed by atoms with Gasteiger partial charge < -0.3 is 10.1 Å². The molecule has 1 amide bonds. The number of thioether (sulfide) groups is 1. The molecule has 2 heterocycles. The van der Waals surface area contributed by atoms with E-state index in [0.717, 1.165) is 36.2 Å². The Balaban J connectivity index is 1.42. The molecule has 1 N–H and O–H groups in total. The van der Waals surface area contributed by atoms with E-state index in [9.17, 15) is 14.4 Å². The van der Waals surface area contributed by atoms with Crippen LogP contribution in [0.3, 0.4) is 0 Å². The predicted molar refractivity (Wildman–Crippen MR) is 126 cm³/mol. The molecule has 0 spiro atoms. The minimum absolute atomic E-state index is 0.128. The summed E-state index contributed by atoms with van der Waals surface area (Å²) in [7, 11) is 0. The first-order valence-corrected chi connectivity index (χ1v) is 11.8. The van der Waals surface area contributed by atoms with Crippen LogP contribution in [0, 0.1) is 0 Å². The average Bonchev–Trinajstić information content (AvgIpc) is 3.31. The van der Waals surface area contributed by atoms with Gasteiger partial charge in [0.2, 0.25) is 5.91 Å². The lowest BCUT2D eigenvalue weighted by Crippen LogP contribution is -2.28. The number of ether oxygens (including phenoxy) is 1. The Morgan fingerprint density at radius 3 is 2.70 bits per heavy atom. The van der Waals surface area contributed by atoms with E-state index in [2.05, 4.69) is 15.3 Å². The molecule has 4 rings (SSSR count). The summed E-state index contributed by atoms with van der Waals surface area (Å²) in [4.78, 5) is 45.5. The minimum Gasteiger partial charge on any atom is -0.462 e. The molecule has 1 aliphatic carbocycles. The zero-order valence-electron chi connectivity index (χ0n) is 18.2. The van der Waals surface area contributed by atoms with Crippen molar-refractivity contribution >= 4 is 29.3 Å². The standard InChI is InChI=1S/C24H24N4O4S/c1-2-32-23(30)16-9-11-17(12-10-16)26-21(29)15-33-22-19-7-5-8-20(19)28(24(31)27-22)14-18-6-3-4-13-25-18/h3-4,6,9-13H,2,5,7-8,14-15H2,1H3,(H,26,29). The fraction of sp³-hybridized carbons (Fsp3) is 0.292. The van der Waals surface area contributed by atoms with Gasteiger partial charge in [0.25, 0.3) is 0 Å². The molecule has 33 heavy (non-hydrogen) atoms. The lowest BCUT2D eigenvalue weighted by Gasteiger charge is -2.14. The molecule has 0 fully saturated rings. The first-order chi connectivity index (χ1) is 16.0. The number of carbonyl (C=O) groups is 2. The van der Waals surface area contributed by atoms with Gasteiger partial charge in [-0.3, -0.25) is 14.3 Å². The van der Waals surface area contributed by atoms with Gasteiger partial charge in [-0.05, 0) is 62.6 Å². The van der Waals surface area contributed by atoms with Gasteiger partial charge in [-0.15, -0.1) is 0 Å². The fourth-order valence-corrected chi connectivity index (χ4v) is 4.63. The molecule has 1 aromatic carbocycles. The Morgan fingerprint density at radius 2 is 1.97 bits per heavy atom. The molecule has 0 aliphatic heterocycles. The molecule has 0 bridgehead atoms. The summed E-state index contributed by atoms with van der Waals surface area (Å²) < 4.78 is 6.65. The molecule has 0 radical (unpaired) electrons. The summed E-state index contributed by atoms with van der Waals surface area (Å²) >= 11 is 1.27. The Kier molecular flexibility index (Phi) is 7.19. The van der Waals surface area contributed by atoms with E-state index < -0.39 is 5.97 Å². The number of pyridine rings is 1. The van der Waals surface area contributed by atoms with Gasteiger partial charge in [-0.1, -0.05) is 17.8 Å². The molecular formula is C24H24N4O4S. The van der Waals surface area contributed by atoms with Crippen LogP contribution in [-0.4, -0.2) is 38.8 Å². The number of benzene rings is 1. The molecule has 0 atom stereocenters. The van der Waals surface area contributed by atoms with Crippen LogP contribution in [0.4, 0.5) is 5.69 Å². The highest BCUT2D eigenvalue weighted by Gasteiger charge is 2.23. The van der Waals surface area contributed by atoms with Crippen molar-refractivity contribution in [2.45, 2.75) is 37.8 Å². The first-order valence-electron chi connectivity index (χ1n) is 10.8. The summed E-state index contributed by atoms with van der Waals surface area (Å²) in [6, 6.07) is 12.2. The van der Waals surface area contributed by atoms with Crippen LogP contribution >= 0.6 is 11.8 Å². The third kappa shape index (κ3) is 5.48. The van der Waals surface area contributed by atoms with Gasteiger partial charge in [0.1, 0.15) is 5.03 Å². The number of aromatic nitrogens is 3. The van der Waals surface area contributed by atoms with Crippen molar-refractivity contribution in [3.8, 4) is 0 Å². The van der Waals surface area contributed by atoms with Gasteiger partial charge in [0, 0.05) is 23.1 Å². The fourth-order valence-electron chi connectivity index (χ4n) is 3.76. The molecule has 1 aliphatic rings. The Labute approximate surface area is 195 Å². The second-order valence-corrected chi connectivity index (χ2v) is 8.48. The highest BCUT2D eigenvalue weighted by molar-refractivity contribution is 8.00. The van der Waals surface area contributed by atoms with E-state index in [0.29, 0.717) is 29.4 Å². The van der Waals surface area contributed by atoms with E-state index in [1.807, 2.05) is 18.2 Å². The van der Waals surface area contributed by atoms with E-state index in [4.69, 9.17) is 4.74 Å². The molecule has 0 unspecified atom stereocenters. The molecule has 170 valence electrons. The van der Waals surface area contributed by atoms with Crippen LogP contribution in [0.15, 0.2) is 58.5 Å². The third-order valence-electron chi connectivity index (χ3n) is 5.27. The number of esters is 1. The van der Waals surface area contributed by atoms with Crippen LogP contribution in [0.5, 0.6) is 0 Å². The van der Waals surface area contributed by atoms with Crippen molar-refractivity contribution in [2.75, 3.05) is 17.7 Å². The van der Waals surface area contributed by atoms with E-state index in [1.54, 1.807) is 42.0 Å². The maximum absolute atomic E-state index is 12.7. The van der Waals surface area contributed by atoms with E-state index in [-0.39, 0.29) is 17.3 Å². The maximum atomic E-state index is 12.7. The molecule has 8 nitrogen and oxygen atoms in total. The minimum atomic E-state index is -0.399. The van der Waals surface area contributed by atoms with Gasteiger partial charge >= 0.3 is 11.7 Å². The zero-order valence-corrected chi connectivity index (χ0v) is 19.1. The topological polar surface area (TPSA) is 103 Å². The highest BCUT2D eigenvalue weighted by atomic mass is 32.2. The Hall–Kier alpha value is -3.46. The number of anilines is 1. The summed E-state index contributed by atoms with van der Waals surface area (Å²) in [6.45, 7) is 2.44. The predicted octanol–water partition coefficient (Wildman–Crippen LogP) is 3.08. The number of fused-ring (bicyclic) bond motifs is 1. The lowest BCUT2D eigenvalue weighted by atomic mass is 10.2. The summed E-state index contributed by atoms with van der Waals surface area (Å²) in [6.07, 6.45) is 4.31. The van der Waals surface area contributed by atoms with Crippen molar-refractivity contribution in [1.29, 1.82) is 0 Å². The average molecular weight is 465 g/mol. The number of nitrogens with zero attached hydrogens (tertiary/aromatic N) is 3. The molecule has 2 aromatic heterocycles. The molecule has 3 aromatic rings. The quantitative estimate of drug-likeness (QED) is 0.310. The van der Waals surface area contributed by atoms with E-state index in [1.165, 1.54) is 11.8 Å². The van der Waals surface area contributed by atoms with Crippen molar-refractivity contribution in [3.63, 3.8) is 0 Å². The molecule has 0 saturated heterocycles. The highest BCUT2D eigenvalue weighted by Crippen LogP contribution is 2.29. The summed E-state index contributed by atoms with van der Waals surface area (Å²) in [5.74, 6) is -0.485. The van der Waals surface area contributed by atoms with Crippen LogP contribution < -0.4 is 11.0 Å². The van der Waals surface area contributed by atoms with E-state index >= 15 is 0 Å². The van der Waals surface area contributed by atoms with Crippen LogP contribution in [-0.2, 0) is 28.9 Å². The number of nitrogens with one attached hydrogen (secondary N) is 1. The molecular weight excluding hydrogens is 440 g/mol. The summed E-state index contributed by atoms with van der Waals surface area (Å²) in [5, 5.41) is 3.43. The largest absolute Gasteiger partial charge is 0.462 e. The molecule has 9 heteroatoms. The number of hydrogen-bond acceptors (Lipinski definition) is 7. The van der Waals surface area contributed by atoms with Crippen molar-refractivity contribution < 1.29 is 14.3 Å². The van der Waals surface area contributed by atoms with Crippen LogP contribution in [0.1, 0.15) is 40.7 Å². The molecule has 0 saturated carbocycles. The number of hydrogen-bond donors (Lipinski definition) is 1. The van der Waals surface area contributed by atoms with Crippen LogP contribution in [0.25, 0.3) is 0 Å². The number of rotatable bonds is 8. The first kappa shape index (κ1) is 22.7. The van der Waals surface area contributed by atoms with Crippen molar-refractivity contribution in [2.24, 2.45) is 0 Å². The van der Waals surface area contributed by atoms with Crippen molar-refractivity contribution in [1.82, 2.24) is 14.5 Å². The third-order valence-corrected chi connectivity index (χ3v) is 6.28. The number of amides is 1. The van der Waals surface area contributed by atoms with Gasteiger partial charge in [0.15, 0.2) is 0 Å². The number of carbonyl (C=O) groups excluding carboxylic acids is 2. The monoisotopic (exact) mass is 464 g/mol. The van der Waals surface area contributed by atoms with Gasteiger partial charge in [-0.2, -0.15) is 4.98 Å². The second kappa shape index (κ2) is 10.4. The normalized spacial score (nSPS) is 12.3. The van der Waals surface area contributed by atoms with Gasteiger partial charge in [0.05, 0.1) is 30.2 Å². The van der Waals surface area contributed by atoms with Gasteiger partial charge in [-0.25, -0.2) is 9.59 Å². The Bertz CT molecular complexity index is 1210. The summed E-state index contributed by atoms with van der Waals surface area (Å²) in [5.41, 5.74) is 3.52. The lowest BCUT2D eigenvalue weighted by molar-refractivity contribution is -0.113. The Morgan fingerprint density at radius 1 is 1.15 bits per heavy atom. The SMILES string of the molecule is CCOC(=O)c1ccc(NC(=O)CSc2nc(=O)n(Cc3ccccn3)c3c2CCC3)cc1. The van der Waals surface area contributed by atoms with Crippen LogP contribution in [0.2, 0.25) is 0 Å². The maximum Gasteiger partial charge on any atom is 0.349 e.